The Labute approximate surface area is 179 Å². The van der Waals surface area contributed by atoms with Gasteiger partial charge in [0.1, 0.15) is 11.2 Å². The summed E-state index contributed by atoms with van der Waals surface area (Å²) < 4.78 is 2.03. The van der Waals surface area contributed by atoms with Crippen molar-refractivity contribution in [3.63, 3.8) is 0 Å². The number of hydrogen-bond acceptors (Lipinski definition) is 6. The highest BCUT2D eigenvalue weighted by Crippen LogP contribution is 2.38. The van der Waals surface area contributed by atoms with Gasteiger partial charge in [-0.15, -0.1) is 11.3 Å². The number of fused-ring (bicyclic) bond motifs is 3. The topological polar surface area (TPSA) is 68.0 Å². The predicted molar refractivity (Wildman–Crippen MR) is 123 cm³/mol. The van der Waals surface area contributed by atoms with E-state index in [0.29, 0.717) is 0 Å². The molecule has 0 aliphatic heterocycles. The molecule has 0 atom stereocenters. The summed E-state index contributed by atoms with van der Waals surface area (Å²) in [7, 11) is 0. The van der Waals surface area contributed by atoms with Gasteiger partial charge in [0.15, 0.2) is 5.82 Å². The third-order valence-electron chi connectivity index (χ3n) is 5.73. The first-order valence-corrected chi connectivity index (χ1v) is 11.1. The molecule has 30 heavy (non-hydrogen) atoms. The van der Waals surface area contributed by atoms with Crippen molar-refractivity contribution in [3.05, 3.63) is 69.6 Å². The van der Waals surface area contributed by atoms with Crippen molar-refractivity contribution in [1.29, 1.82) is 0 Å². The summed E-state index contributed by atoms with van der Waals surface area (Å²) >= 11 is 1.80. The summed E-state index contributed by atoms with van der Waals surface area (Å²) in [6, 6.07) is 10.4. The minimum Gasteiger partial charge on any atom is -0.265 e. The molecular formula is C23H24N6S. The Morgan fingerprint density at radius 1 is 1.13 bits per heavy atom. The molecule has 152 valence electrons. The van der Waals surface area contributed by atoms with Crippen LogP contribution in [0.2, 0.25) is 0 Å². The molecule has 0 fully saturated rings. The number of anilines is 1. The Hall–Kier alpha value is -3.06. The molecule has 3 heterocycles. The molecule has 6 nitrogen and oxygen atoms in total. The summed E-state index contributed by atoms with van der Waals surface area (Å²) in [6.07, 6.45) is 8.22. The number of thiophene rings is 1. The smallest absolute Gasteiger partial charge is 0.158 e. The minimum absolute atomic E-state index is 0.752. The molecule has 1 aromatic carbocycles. The third kappa shape index (κ3) is 3.50. The van der Waals surface area contributed by atoms with E-state index in [-0.39, 0.29) is 0 Å². The highest BCUT2D eigenvalue weighted by atomic mass is 32.1. The molecule has 4 aromatic rings. The largest absolute Gasteiger partial charge is 0.265 e. The van der Waals surface area contributed by atoms with Gasteiger partial charge in [-0.25, -0.2) is 9.97 Å². The van der Waals surface area contributed by atoms with Gasteiger partial charge in [0, 0.05) is 16.1 Å². The molecule has 0 radical (unpaired) electrons. The maximum Gasteiger partial charge on any atom is 0.158 e. The number of aromatic nitrogens is 4. The number of nitrogens with zero attached hydrogens (tertiary/aromatic N) is 5. The van der Waals surface area contributed by atoms with Crippen molar-refractivity contribution in [3.8, 4) is 0 Å². The van der Waals surface area contributed by atoms with Crippen molar-refractivity contribution in [2.24, 2.45) is 5.10 Å². The maximum absolute atomic E-state index is 4.70. The lowest BCUT2D eigenvalue weighted by Gasteiger charge is -2.11. The Balaban J connectivity index is 1.40. The van der Waals surface area contributed by atoms with Crippen molar-refractivity contribution in [1.82, 2.24) is 19.7 Å². The lowest BCUT2D eigenvalue weighted by molar-refractivity contribution is 0.659. The van der Waals surface area contributed by atoms with Crippen molar-refractivity contribution in [2.45, 2.75) is 46.1 Å². The normalized spacial score (nSPS) is 13.8. The van der Waals surface area contributed by atoms with E-state index in [9.17, 15) is 0 Å². The molecule has 1 aliphatic rings. The molecule has 1 aliphatic carbocycles. The average molecular weight is 417 g/mol. The SMILES string of the molecule is Cc1nn(Cc2ccccc2)c(C)c1C=NNc1ncnc2sc3c(c12)CCCC3. The average Bonchev–Trinajstić information content (AvgIpc) is 3.27. The summed E-state index contributed by atoms with van der Waals surface area (Å²) in [5.41, 5.74) is 8.92. The second-order valence-electron chi connectivity index (χ2n) is 7.71. The van der Waals surface area contributed by atoms with Crippen LogP contribution < -0.4 is 5.43 Å². The number of rotatable bonds is 5. The fraction of sp³-hybridized carbons (Fsp3) is 0.304. The fourth-order valence-corrected chi connectivity index (χ4v) is 5.37. The summed E-state index contributed by atoms with van der Waals surface area (Å²) in [5.74, 6) is 0.794. The second-order valence-corrected chi connectivity index (χ2v) is 8.79. The van der Waals surface area contributed by atoms with Crippen LogP contribution >= 0.6 is 11.3 Å². The Bertz CT molecular complexity index is 1220. The van der Waals surface area contributed by atoms with Gasteiger partial charge in [0.25, 0.3) is 0 Å². The van der Waals surface area contributed by atoms with Crippen molar-refractivity contribution in [2.75, 3.05) is 5.43 Å². The highest BCUT2D eigenvalue weighted by molar-refractivity contribution is 7.19. The molecule has 1 N–H and O–H groups in total. The predicted octanol–water partition coefficient (Wildman–Crippen LogP) is 4.88. The Kier molecular flexibility index (Phi) is 5.04. The second kappa shape index (κ2) is 7.99. The van der Waals surface area contributed by atoms with Crippen molar-refractivity contribution < 1.29 is 0 Å². The summed E-state index contributed by atoms with van der Waals surface area (Å²) in [6.45, 7) is 4.86. The van der Waals surface area contributed by atoms with Gasteiger partial charge in [0.05, 0.1) is 23.8 Å². The molecule has 3 aromatic heterocycles. The van der Waals surface area contributed by atoms with Crippen LogP contribution in [0.3, 0.4) is 0 Å². The lowest BCUT2D eigenvalue weighted by atomic mass is 9.97. The number of hydrazone groups is 1. The van der Waals surface area contributed by atoms with Gasteiger partial charge < -0.3 is 0 Å². The first-order valence-electron chi connectivity index (χ1n) is 10.3. The number of hydrogen-bond donors (Lipinski definition) is 1. The van der Waals surface area contributed by atoms with E-state index in [2.05, 4.69) is 51.7 Å². The number of nitrogens with one attached hydrogen (secondary N) is 1. The zero-order valence-corrected chi connectivity index (χ0v) is 18.0. The Morgan fingerprint density at radius 2 is 1.97 bits per heavy atom. The van der Waals surface area contributed by atoms with E-state index in [1.165, 1.54) is 28.8 Å². The van der Waals surface area contributed by atoms with Crippen LogP contribution in [0.25, 0.3) is 10.2 Å². The molecule has 0 bridgehead atoms. The zero-order valence-electron chi connectivity index (χ0n) is 17.2. The van der Waals surface area contributed by atoms with Gasteiger partial charge in [-0.1, -0.05) is 30.3 Å². The van der Waals surface area contributed by atoms with E-state index < -0.39 is 0 Å². The van der Waals surface area contributed by atoms with E-state index in [1.807, 2.05) is 23.9 Å². The van der Waals surface area contributed by atoms with Crippen LogP contribution in [-0.4, -0.2) is 26.0 Å². The molecule has 0 amide bonds. The van der Waals surface area contributed by atoms with Crippen LogP contribution in [0.15, 0.2) is 41.8 Å². The zero-order chi connectivity index (χ0) is 20.5. The van der Waals surface area contributed by atoms with Gasteiger partial charge >= 0.3 is 0 Å². The molecule has 0 unspecified atom stereocenters. The minimum atomic E-state index is 0.752. The van der Waals surface area contributed by atoms with E-state index in [0.717, 1.165) is 52.4 Å². The highest BCUT2D eigenvalue weighted by Gasteiger charge is 2.19. The molecule has 7 heteroatoms. The van der Waals surface area contributed by atoms with E-state index in [4.69, 9.17) is 5.10 Å². The molecule has 0 saturated heterocycles. The fourth-order valence-electron chi connectivity index (χ4n) is 4.14. The van der Waals surface area contributed by atoms with E-state index >= 15 is 0 Å². The summed E-state index contributed by atoms with van der Waals surface area (Å²) in [5, 5.41) is 10.4. The van der Waals surface area contributed by atoms with Gasteiger partial charge in [-0.05, 0) is 50.7 Å². The van der Waals surface area contributed by atoms with Gasteiger partial charge in [-0.3, -0.25) is 10.1 Å². The first-order chi connectivity index (χ1) is 14.7. The quantitative estimate of drug-likeness (QED) is 0.372. The van der Waals surface area contributed by atoms with E-state index in [1.54, 1.807) is 17.7 Å². The van der Waals surface area contributed by atoms with Gasteiger partial charge in [-0.2, -0.15) is 10.2 Å². The van der Waals surface area contributed by atoms with Crippen LogP contribution in [0.5, 0.6) is 0 Å². The summed E-state index contributed by atoms with van der Waals surface area (Å²) in [4.78, 5) is 11.5. The van der Waals surface area contributed by atoms with Crippen LogP contribution in [0.1, 0.15) is 45.8 Å². The molecule has 0 spiro atoms. The van der Waals surface area contributed by atoms with Crippen molar-refractivity contribution >= 4 is 33.6 Å². The van der Waals surface area contributed by atoms with Crippen LogP contribution in [-0.2, 0) is 19.4 Å². The monoisotopic (exact) mass is 416 g/mol. The molecule has 5 rings (SSSR count). The molecule has 0 saturated carbocycles. The number of aryl methyl sites for hydroxylation is 3. The third-order valence-corrected chi connectivity index (χ3v) is 6.93. The maximum atomic E-state index is 4.70. The van der Waals surface area contributed by atoms with Crippen LogP contribution in [0, 0.1) is 13.8 Å². The molecular weight excluding hydrogens is 392 g/mol. The van der Waals surface area contributed by atoms with Crippen LogP contribution in [0.4, 0.5) is 5.82 Å². The lowest BCUT2D eigenvalue weighted by Crippen LogP contribution is -2.04. The standard InChI is InChI=1S/C23H24N6S/c1-15-19(16(2)29(28-15)13-17-8-4-3-5-9-17)12-26-27-22-21-18-10-6-7-11-20(18)30-23(21)25-14-24-22/h3-5,8-9,12,14H,6-7,10-11,13H2,1-2H3,(H,24,25,27). The first kappa shape index (κ1) is 18.9. The number of benzene rings is 1. The Morgan fingerprint density at radius 3 is 2.83 bits per heavy atom. The van der Waals surface area contributed by atoms with Gasteiger partial charge in [0.2, 0.25) is 0 Å².